The third-order valence-electron chi connectivity index (χ3n) is 3.79. The molecule has 0 saturated carbocycles. The molecule has 0 atom stereocenters. The van der Waals surface area contributed by atoms with Crippen molar-refractivity contribution in [1.82, 2.24) is 9.21 Å². The van der Waals surface area contributed by atoms with Gasteiger partial charge in [0.1, 0.15) is 0 Å². The van der Waals surface area contributed by atoms with Crippen molar-refractivity contribution in [3.8, 4) is 0 Å². The van der Waals surface area contributed by atoms with Gasteiger partial charge in [-0.15, -0.1) is 0 Å². The van der Waals surface area contributed by atoms with Gasteiger partial charge in [-0.3, -0.25) is 4.90 Å². The fourth-order valence-electron chi connectivity index (χ4n) is 2.73. The van der Waals surface area contributed by atoms with Crippen LogP contribution in [0, 0.1) is 0 Å². The molecule has 2 fully saturated rings. The topological polar surface area (TPSA) is 49.9 Å². The molecule has 0 N–H and O–H groups in total. The van der Waals surface area contributed by atoms with Gasteiger partial charge in [-0.1, -0.05) is 6.92 Å². The number of ether oxygens (including phenoxy) is 1. The Labute approximate surface area is 104 Å². The molecule has 0 bridgehead atoms. The molecule has 0 amide bonds. The molecule has 2 aliphatic heterocycles. The Kier molecular flexibility index (Phi) is 4.07. The first-order chi connectivity index (χ1) is 8.02. The molecule has 2 aliphatic rings. The molecule has 2 heterocycles. The molecule has 0 aliphatic carbocycles. The van der Waals surface area contributed by atoms with Crippen LogP contribution in [0.1, 0.15) is 19.8 Å². The van der Waals surface area contributed by atoms with Crippen LogP contribution in [0.3, 0.4) is 0 Å². The molecule has 0 spiro atoms. The molecule has 0 aromatic carbocycles. The summed E-state index contributed by atoms with van der Waals surface area (Å²) in [6, 6.07) is 0.971. The van der Waals surface area contributed by atoms with Crippen LogP contribution in [0.15, 0.2) is 0 Å². The highest BCUT2D eigenvalue weighted by atomic mass is 32.2. The summed E-state index contributed by atoms with van der Waals surface area (Å²) in [6.45, 7) is 6.13. The van der Waals surface area contributed by atoms with E-state index in [9.17, 15) is 8.42 Å². The predicted molar refractivity (Wildman–Crippen MR) is 66.4 cm³/mol. The van der Waals surface area contributed by atoms with Crippen LogP contribution in [0.4, 0.5) is 0 Å². The van der Waals surface area contributed by atoms with Crippen LogP contribution >= 0.6 is 0 Å². The SMILES string of the molecule is CCN(C1CCOCC1)C1CN(S(C)(=O)=O)C1. The van der Waals surface area contributed by atoms with Gasteiger partial charge in [0, 0.05) is 38.4 Å². The summed E-state index contributed by atoms with van der Waals surface area (Å²) in [5.74, 6) is 0. The van der Waals surface area contributed by atoms with Crippen molar-refractivity contribution in [1.29, 1.82) is 0 Å². The Morgan fingerprint density at radius 2 is 1.82 bits per heavy atom. The van der Waals surface area contributed by atoms with E-state index in [4.69, 9.17) is 4.74 Å². The van der Waals surface area contributed by atoms with Crippen molar-refractivity contribution in [2.45, 2.75) is 31.8 Å². The van der Waals surface area contributed by atoms with E-state index < -0.39 is 10.0 Å². The molecule has 0 aromatic heterocycles. The van der Waals surface area contributed by atoms with Crippen molar-refractivity contribution in [2.75, 3.05) is 39.1 Å². The van der Waals surface area contributed by atoms with E-state index in [1.54, 1.807) is 4.31 Å². The van der Waals surface area contributed by atoms with Gasteiger partial charge in [0.15, 0.2) is 0 Å². The summed E-state index contributed by atoms with van der Waals surface area (Å²) >= 11 is 0. The average Bonchev–Trinajstić information content (AvgIpc) is 2.22. The summed E-state index contributed by atoms with van der Waals surface area (Å²) < 4.78 is 29.6. The summed E-state index contributed by atoms with van der Waals surface area (Å²) in [5.41, 5.74) is 0. The van der Waals surface area contributed by atoms with Gasteiger partial charge in [-0.2, -0.15) is 4.31 Å². The Balaban J connectivity index is 1.88. The van der Waals surface area contributed by atoms with E-state index in [1.807, 2.05) is 0 Å². The molecule has 2 saturated heterocycles. The second-order valence-electron chi connectivity index (χ2n) is 4.91. The molecule has 6 heteroatoms. The number of nitrogens with zero attached hydrogens (tertiary/aromatic N) is 2. The van der Waals surface area contributed by atoms with Crippen LogP contribution < -0.4 is 0 Å². The second-order valence-corrected chi connectivity index (χ2v) is 6.89. The highest BCUT2D eigenvalue weighted by Gasteiger charge is 2.38. The Morgan fingerprint density at radius 3 is 2.29 bits per heavy atom. The number of hydrogen-bond acceptors (Lipinski definition) is 4. The molecule has 2 rings (SSSR count). The molecule has 0 unspecified atom stereocenters. The number of likely N-dealkylation sites (N-methyl/N-ethyl adjacent to an activating group) is 1. The van der Waals surface area contributed by atoms with Crippen molar-refractivity contribution in [3.63, 3.8) is 0 Å². The molecule has 0 aromatic rings. The van der Waals surface area contributed by atoms with Crippen molar-refractivity contribution in [2.24, 2.45) is 0 Å². The maximum absolute atomic E-state index is 11.3. The molecule has 5 nitrogen and oxygen atoms in total. The Morgan fingerprint density at radius 1 is 1.24 bits per heavy atom. The van der Waals surface area contributed by atoms with E-state index in [0.717, 1.165) is 32.6 Å². The van der Waals surface area contributed by atoms with Gasteiger partial charge >= 0.3 is 0 Å². The zero-order chi connectivity index (χ0) is 12.5. The zero-order valence-electron chi connectivity index (χ0n) is 10.6. The lowest BCUT2D eigenvalue weighted by molar-refractivity contribution is -0.00733. The minimum absolute atomic E-state index is 0.401. The van der Waals surface area contributed by atoms with E-state index >= 15 is 0 Å². The summed E-state index contributed by atoms with van der Waals surface area (Å²) in [6.07, 6.45) is 3.43. The molecule has 100 valence electrons. The van der Waals surface area contributed by atoms with Gasteiger partial charge < -0.3 is 4.74 Å². The van der Waals surface area contributed by atoms with Crippen LogP contribution in [0.2, 0.25) is 0 Å². The molecule has 0 radical (unpaired) electrons. The minimum atomic E-state index is -2.99. The highest BCUT2D eigenvalue weighted by molar-refractivity contribution is 7.88. The lowest BCUT2D eigenvalue weighted by atomic mass is 10.0. The first-order valence-corrected chi connectivity index (χ1v) is 8.15. The van der Waals surface area contributed by atoms with Crippen molar-refractivity contribution >= 4 is 10.0 Å². The van der Waals surface area contributed by atoms with Gasteiger partial charge in [-0.25, -0.2) is 8.42 Å². The Hall–Kier alpha value is -0.170. The maximum Gasteiger partial charge on any atom is 0.211 e. The number of rotatable bonds is 4. The zero-order valence-corrected chi connectivity index (χ0v) is 11.4. The quantitative estimate of drug-likeness (QED) is 0.723. The fraction of sp³-hybridized carbons (Fsp3) is 1.00. The predicted octanol–water partition coefficient (Wildman–Crippen LogP) is 0.131. The van der Waals surface area contributed by atoms with E-state index in [1.165, 1.54) is 6.26 Å². The lowest BCUT2D eigenvalue weighted by Gasteiger charge is -2.47. The monoisotopic (exact) mass is 262 g/mol. The number of sulfonamides is 1. The lowest BCUT2D eigenvalue weighted by Crippen LogP contribution is -2.63. The van der Waals surface area contributed by atoms with Crippen molar-refractivity contribution in [3.05, 3.63) is 0 Å². The molecular formula is C11H22N2O3S. The van der Waals surface area contributed by atoms with Gasteiger partial charge in [-0.05, 0) is 19.4 Å². The second kappa shape index (κ2) is 5.22. The maximum atomic E-state index is 11.3. The average molecular weight is 262 g/mol. The van der Waals surface area contributed by atoms with Crippen LogP contribution in [0.5, 0.6) is 0 Å². The number of hydrogen-bond donors (Lipinski definition) is 0. The highest BCUT2D eigenvalue weighted by Crippen LogP contribution is 2.23. The summed E-state index contributed by atoms with van der Waals surface area (Å²) in [4.78, 5) is 2.45. The largest absolute Gasteiger partial charge is 0.381 e. The van der Waals surface area contributed by atoms with Gasteiger partial charge in [0.2, 0.25) is 10.0 Å². The summed E-state index contributed by atoms with van der Waals surface area (Å²) in [7, 11) is -2.99. The Bertz CT molecular complexity index is 346. The van der Waals surface area contributed by atoms with Gasteiger partial charge in [0.05, 0.1) is 6.26 Å². The van der Waals surface area contributed by atoms with Crippen LogP contribution in [-0.4, -0.2) is 68.8 Å². The first kappa shape index (κ1) is 13.3. The normalized spacial score (nSPS) is 25.1. The summed E-state index contributed by atoms with van der Waals surface area (Å²) in [5, 5.41) is 0. The fourth-order valence-corrected chi connectivity index (χ4v) is 3.61. The third-order valence-corrected chi connectivity index (χ3v) is 5.03. The van der Waals surface area contributed by atoms with E-state index in [-0.39, 0.29) is 0 Å². The minimum Gasteiger partial charge on any atom is -0.381 e. The molecule has 17 heavy (non-hydrogen) atoms. The standard InChI is InChI=1S/C11H22N2O3S/c1-3-13(10-4-6-16-7-5-10)11-8-12(9-11)17(2,14)15/h10-11H,3-9H2,1-2H3. The van der Waals surface area contributed by atoms with Crippen LogP contribution in [-0.2, 0) is 14.8 Å². The van der Waals surface area contributed by atoms with Crippen LogP contribution in [0.25, 0.3) is 0 Å². The van der Waals surface area contributed by atoms with Crippen molar-refractivity contribution < 1.29 is 13.2 Å². The van der Waals surface area contributed by atoms with E-state index in [2.05, 4.69) is 11.8 Å². The smallest absolute Gasteiger partial charge is 0.211 e. The third kappa shape index (κ3) is 2.99. The van der Waals surface area contributed by atoms with Gasteiger partial charge in [0.25, 0.3) is 0 Å². The molecular weight excluding hydrogens is 240 g/mol. The first-order valence-electron chi connectivity index (χ1n) is 6.31. The van der Waals surface area contributed by atoms with E-state index in [0.29, 0.717) is 25.2 Å².